The van der Waals surface area contributed by atoms with Crippen LogP contribution in [0.4, 0.5) is 5.69 Å². The third-order valence-electron chi connectivity index (χ3n) is 3.45. The molecule has 1 aromatic rings. The molecule has 1 aromatic carbocycles. The lowest BCUT2D eigenvalue weighted by atomic mass is 9.83. The Bertz CT molecular complexity index is 469. The van der Waals surface area contributed by atoms with E-state index < -0.39 is 4.92 Å². The molecule has 0 aliphatic heterocycles. The molecule has 20 heavy (non-hydrogen) atoms. The van der Waals surface area contributed by atoms with E-state index in [0.717, 1.165) is 24.9 Å². The highest BCUT2D eigenvalue weighted by Gasteiger charge is 2.23. The zero-order chi connectivity index (χ0) is 15.3. The summed E-state index contributed by atoms with van der Waals surface area (Å²) in [6, 6.07) is 5.09. The highest BCUT2D eigenvalue weighted by Crippen LogP contribution is 2.27. The fourth-order valence-corrected chi connectivity index (χ4v) is 2.51. The Hall–Kier alpha value is -1.13. The quantitative estimate of drug-likeness (QED) is 0.632. The Balaban J connectivity index is 2.76. The van der Waals surface area contributed by atoms with E-state index in [2.05, 4.69) is 33.0 Å². The number of non-ortho nitro benzene ring substituents is 1. The molecule has 1 atom stereocenters. The van der Waals surface area contributed by atoms with Crippen molar-refractivity contribution in [2.45, 2.75) is 46.6 Å². The monoisotopic (exact) mass is 298 g/mol. The lowest BCUT2D eigenvalue weighted by Crippen LogP contribution is -2.40. The van der Waals surface area contributed by atoms with Gasteiger partial charge in [0, 0.05) is 18.2 Å². The smallest absolute Gasteiger partial charge is 0.270 e. The topological polar surface area (TPSA) is 55.2 Å². The van der Waals surface area contributed by atoms with Gasteiger partial charge in [-0.15, -0.1) is 0 Å². The molecule has 0 aliphatic carbocycles. The zero-order valence-corrected chi connectivity index (χ0v) is 13.3. The van der Waals surface area contributed by atoms with E-state index in [0.29, 0.717) is 11.1 Å². The maximum Gasteiger partial charge on any atom is 0.270 e. The summed E-state index contributed by atoms with van der Waals surface area (Å²) in [7, 11) is 0. The highest BCUT2D eigenvalue weighted by molar-refractivity contribution is 6.31. The van der Waals surface area contributed by atoms with Gasteiger partial charge in [0.1, 0.15) is 0 Å². The van der Waals surface area contributed by atoms with E-state index in [-0.39, 0.29) is 11.1 Å². The molecule has 0 saturated heterocycles. The molecule has 0 amide bonds. The number of benzene rings is 1. The molecular weight excluding hydrogens is 276 g/mol. The molecule has 0 aromatic heterocycles. The minimum absolute atomic E-state index is 0.0396. The minimum Gasteiger partial charge on any atom is -0.314 e. The van der Waals surface area contributed by atoms with Crippen molar-refractivity contribution in [1.29, 1.82) is 0 Å². The highest BCUT2D eigenvalue weighted by atomic mass is 35.5. The van der Waals surface area contributed by atoms with Crippen LogP contribution in [0.5, 0.6) is 0 Å². The molecule has 1 N–H and O–H groups in total. The summed E-state index contributed by atoms with van der Waals surface area (Å²) in [5.74, 6) is 0. The van der Waals surface area contributed by atoms with Crippen LogP contribution in [0.25, 0.3) is 0 Å². The fraction of sp³-hybridized carbons (Fsp3) is 0.600. The van der Waals surface area contributed by atoms with E-state index >= 15 is 0 Å². The fourth-order valence-electron chi connectivity index (χ4n) is 2.24. The van der Waals surface area contributed by atoms with Gasteiger partial charge >= 0.3 is 0 Å². The van der Waals surface area contributed by atoms with Crippen molar-refractivity contribution in [1.82, 2.24) is 5.32 Å². The number of nitro benzene ring substituents is 1. The molecule has 1 rings (SSSR count). The van der Waals surface area contributed by atoms with Crippen LogP contribution in [-0.2, 0) is 6.42 Å². The van der Waals surface area contributed by atoms with Crippen molar-refractivity contribution >= 4 is 17.3 Å². The largest absolute Gasteiger partial charge is 0.314 e. The molecule has 0 radical (unpaired) electrons. The summed E-state index contributed by atoms with van der Waals surface area (Å²) in [6.45, 7) is 9.64. The Morgan fingerprint density at radius 2 is 2.05 bits per heavy atom. The molecule has 0 bridgehead atoms. The Morgan fingerprint density at radius 1 is 1.40 bits per heavy atom. The van der Waals surface area contributed by atoms with Crippen LogP contribution in [0.1, 0.15) is 39.7 Å². The molecule has 0 fully saturated rings. The first-order chi connectivity index (χ1) is 9.25. The van der Waals surface area contributed by atoms with E-state index in [4.69, 9.17) is 11.6 Å². The molecule has 0 spiro atoms. The third-order valence-corrected chi connectivity index (χ3v) is 3.80. The minimum atomic E-state index is -0.424. The van der Waals surface area contributed by atoms with Crippen LogP contribution in [-0.4, -0.2) is 17.5 Å². The van der Waals surface area contributed by atoms with Crippen LogP contribution in [0, 0.1) is 15.5 Å². The van der Waals surface area contributed by atoms with Crippen molar-refractivity contribution in [3.8, 4) is 0 Å². The molecule has 0 saturated carbocycles. The summed E-state index contributed by atoms with van der Waals surface area (Å²) in [5.41, 5.74) is 1.17. The second-order valence-corrected chi connectivity index (χ2v) is 6.45. The van der Waals surface area contributed by atoms with Crippen molar-refractivity contribution < 1.29 is 4.92 Å². The predicted octanol–water partition coefficient (Wildman–Crippen LogP) is 4.21. The molecule has 0 heterocycles. The summed E-state index contributed by atoms with van der Waals surface area (Å²) in [5, 5.41) is 14.7. The van der Waals surface area contributed by atoms with E-state index in [1.165, 1.54) is 12.1 Å². The summed E-state index contributed by atoms with van der Waals surface area (Å²) < 4.78 is 0. The van der Waals surface area contributed by atoms with Gasteiger partial charge in [-0.2, -0.15) is 0 Å². The first kappa shape index (κ1) is 16.9. The molecule has 0 aliphatic rings. The number of halogens is 1. The first-order valence-electron chi connectivity index (χ1n) is 6.92. The Labute approximate surface area is 125 Å². The molecular formula is C15H23ClN2O2. The predicted molar refractivity (Wildman–Crippen MR) is 83.3 cm³/mol. The molecule has 5 heteroatoms. The average Bonchev–Trinajstić information content (AvgIpc) is 2.34. The van der Waals surface area contributed by atoms with Gasteiger partial charge in [0.25, 0.3) is 5.69 Å². The van der Waals surface area contributed by atoms with E-state index in [9.17, 15) is 10.1 Å². The van der Waals surface area contributed by atoms with Crippen LogP contribution >= 0.6 is 11.6 Å². The summed E-state index contributed by atoms with van der Waals surface area (Å²) >= 11 is 6.12. The van der Waals surface area contributed by atoms with Gasteiger partial charge < -0.3 is 5.32 Å². The molecule has 4 nitrogen and oxygen atoms in total. The van der Waals surface area contributed by atoms with Crippen molar-refractivity contribution in [3.63, 3.8) is 0 Å². The van der Waals surface area contributed by atoms with Crippen LogP contribution in [0.15, 0.2) is 18.2 Å². The number of nitrogens with one attached hydrogen (secondary N) is 1. The Morgan fingerprint density at radius 3 is 2.50 bits per heavy atom. The maximum atomic E-state index is 10.7. The number of hydrogen-bond donors (Lipinski definition) is 1. The maximum absolute atomic E-state index is 10.7. The van der Waals surface area contributed by atoms with Crippen molar-refractivity contribution in [3.05, 3.63) is 38.9 Å². The van der Waals surface area contributed by atoms with Gasteiger partial charge in [0.2, 0.25) is 0 Å². The van der Waals surface area contributed by atoms with Crippen LogP contribution in [0.2, 0.25) is 5.02 Å². The van der Waals surface area contributed by atoms with Crippen LogP contribution < -0.4 is 5.32 Å². The van der Waals surface area contributed by atoms with Gasteiger partial charge in [0.15, 0.2) is 0 Å². The summed E-state index contributed by atoms with van der Waals surface area (Å²) in [6.07, 6.45) is 1.76. The van der Waals surface area contributed by atoms with Crippen molar-refractivity contribution in [2.24, 2.45) is 5.41 Å². The number of nitrogens with zero attached hydrogens (tertiary/aromatic N) is 1. The second-order valence-electron chi connectivity index (χ2n) is 6.05. The lowest BCUT2D eigenvalue weighted by molar-refractivity contribution is -0.384. The number of rotatable bonds is 6. The normalized spacial score (nSPS) is 13.2. The Kier molecular flexibility index (Phi) is 5.96. The van der Waals surface area contributed by atoms with E-state index in [1.807, 2.05) is 0 Å². The van der Waals surface area contributed by atoms with Gasteiger partial charge in [-0.3, -0.25) is 10.1 Å². The second kappa shape index (κ2) is 7.04. The SMILES string of the molecule is CCNC(CCc1ccc([N+](=O)[O-])cc1Cl)C(C)(C)C. The molecule has 112 valence electrons. The van der Waals surface area contributed by atoms with Crippen LogP contribution in [0.3, 0.4) is 0 Å². The zero-order valence-electron chi connectivity index (χ0n) is 12.6. The van der Waals surface area contributed by atoms with Gasteiger partial charge in [-0.05, 0) is 30.4 Å². The standard InChI is InChI=1S/C15H23ClN2O2/c1-5-17-14(15(2,3)4)9-7-11-6-8-12(18(19)20)10-13(11)16/h6,8,10,14,17H,5,7,9H2,1-4H3. The average molecular weight is 299 g/mol. The van der Waals surface area contributed by atoms with Crippen molar-refractivity contribution in [2.75, 3.05) is 6.54 Å². The third kappa shape index (κ3) is 4.76. The van der Waals surface area contributed by atoms with Gasteiger partial charge in [-0.1, -0.05) is 45.4 Å². The number of hydrogen-bond acceptors (Lipinski definition) is 3. The van der Waals surface area contributed by atoms with E-state index in [1.54, 1.807) is 6.07 Å². The molecule has 1 unspecified atom stereocenters. The lowest BCUT2D eigenvalue weighted by Gasteiger charge is -2.31. The number of aryl methyl sites for hydroxylation is 1. The van der Waals surface area contributed by atoms with Gasteiger partial charge in [-0.25, -0.2) is 0 Å². The van der Waals surface area contributed by atoms with Gasteiger partial charge in [0.05, 0.1) is 9.95 Å². The number of nitro groups is 1. The summed E-state index contributed by atoms with van der Waals surface area (Å²) in [4.78, 5) is 10.3. The first-order valence-corrected chi connectivity index (χ1v) is 7.29.